The molecule has 2 N–H and O–H groups in total. The fourth-order valence-electron chi connectivity index (χ4n) is 2.87. The highest BCUT2D eigenvalue weighted by atomic mass is 127. The van der Waals surface area contributed by atoms with Crippen LogP contribution in [-0.4, -0.2) is 82.2 Å². The summed E-state index contributed by atoms with van der Waals surface area (Å²) >= 11 is 0. The molecule has 0 aromatic rings. The molecule has 0 aromatic carbocycles. The Balaban J connectivity index is 0.00000576. The molecule has 0 bridgehead atoms. The molecule has 150 valence electrons. The third-order valence-electron chi connectivity index (χ3n) is 4.47. The maximum atomic E-state index is 11.7. The van der Waals surface area contributed by atoms with E-state index in [0.29, 0.717) is 19.1 Å². The molecule has 0 aliphatic carbocycles. The number of halogens is 1. The van der Waals surface area contributed by atoms with Gasteiger partial charge in [-0.1, -0.05) is 6.92 Å². The average molecular weight is 489 g/mol. The number of guanidine groups is 1. The number of likely N-dealkylation sites (tertiary alicyclic amines) is 1. The van der Waals surface area contributed by atoms with Crippen LogP contribution in [0, 0.1) is 0 Å². The Morgan fingerprint density at radius 3 is 2.44 bits per heavy atom. The van der Waals surface area contributed by atoms with E-state index in [1.807, 2.05) is 0 Å². The monoisotopic (exact) mass is 489 g/mol. The lowest BCUT2D eigenvalue weighted by molar-refractivity contribution is 0.206. The van der Waals surface area contributed by atoms with Crippen LogP contribution in [0.25, 0.3) is 0 Å². The summed E-state index contributed by atoms with van der Waals surface area (Å²) in [6.45, 7) is 8.59. The molecule has 1 aliphatic heterocycles. The molecule has 7 nitrogen and oxygen atoms in total. The minimum Gasteiger partial charge on any atom is -0.356 e. The summed E-state index contributed by atoms with van der Waals surface area (Å²) in [4.78, 5) is 6.78. The molecule has 1 heterocycles. The second kappa shape index (κ2) is 13.1. The van der Waals surface area contributed by atoms with Crippen molar-refractivity contribution >= 4 is 40.0 Å². The SMILES string of the molecule is CCCN1CCC(NC(=NC)NCCCN(C)S(=O)(=O)CC)CC1.I. The first-order valence-corrected chi connectivity index (χ1v) is 10.7. The molecule has 1 fully saturated rings. The number of hydrogen-bond donors (Lipinski definition) is 2. The minimum atomic E-state index is -3.08. The van der Waals surface area contributed by atoms with E-state index in [0.717, 1.165) is 38.3 Å². The largest absolute Gasteiger partial charge is 0.356 e. The molecule has 0 atom stereocenters. The quantitative estimate of drug-likeness (QED) is 0.221. The number of nitrogens with zero attached hydrogens (tertiary/aromatic N) is 3. The summed E-state index contributed by atoms with van der Waals surface area (Å²) in [6.07, 6.45) is 4.24. The average Bonchev–Trinajstić information content (AvgIpc) is 2.59. The summed E-state index contributed by atoms with van der Waals surface area (Å²) < 4.78 is 24.8. The first kappa shape index (κ1) is 24.9. The number of nitrogens with one attached hydrogen (secondary N) is 2. The van der Waals surface area contributed by atoms with Gasteiger partial charge in [0.2, 0.25) is 10.0 Å². The fourth-order valence-corrected chi connectivity index (χ4v) is 3.72. The summed E-state index contributed by atoms with van der Waals surface area (Å²) in [5, 5.41) is 6.76. The van der Waals surface area contributed by atoms with Crippen molar-refractivity contribution in [3.05, 3.63) is 0 Å². The number of hydrogen-bond acceptors (Lipinski definition) is 4. The lowest BCUT2D eigenvalue weighted by atomic mass is 10.1. The molecule has 0 spiro atoms. The molecule has 0 aromatic heterocycles. The predicted octanol–water partition coefficient (Wildman–Crippen LogP) is 1.32. The van der Waals surface area contributed by atoms with E-state index in [1.54, 1.807) is 21.0 Å². The maximum absolute atomic E-state index is 11.7. The third-order valence-corrected chi connectivity index (χ3v) is 6.34. The number of sulfonamides is 1. The smallest absolute Gasteiger partial charge is 0.213 e. The van der Waals surface area contributed by atoms with Crippen LogP contribution in [0.4, 0.5) is 0 Å². The zero-order valence-electron chi connectivity index (χ0n) is 16.1. The number of piperidine rings is 1. The molecule has 1 rings (SSSR count). The minimum absolute atomic E-state index is 0. The van der Waals surface area contributed by atoms with Gasteiger partial charge < -0.3 is 15.5 Å². The van der Waals surface area contributed by atoms with Crippen molar-refractivity contribution in [1.29, 1.82) is 0 Å². The van der Waals surface area contributed by atoms with E-state index in [4.69, 9.17) is 0 Å². The van der Waals surface area contributed by atoms with Gasteiger partial charge in [0.25, 0.3) is 0 Å². The second-order valence-corrected chi connectivity index (χ2v) is 8.70. The summed E-state index contributed by atoms with van der Waals surface area (Å²) in [6, 6.07) is 0.465. The highest BCUT2D eigenvalue weighted by Crippen LogP contribution is 2.10. The van der Waals surface area contributed by atoms with Crippen molar-refractivity contribution in [3.63, 3.8) is 0 Å². The Morgan fingerprint density at radius 2 is 1.92 bits per heavy atom. The third kappa shape index (κ3) is 9.39. The van der Waals surface area contributed by atoms with Crippen molar-refractivity contribution in [2.24, 2.45) is 4.99 Å². The van der Waals surface area contributed by atoms with Gasteiger partial charge in [0, 0.05) is 46.3 Å². The molecule has 1 aliphatic rings. The van der Waals surface area contributed by atoms with E-state index in [-0.39, 0.29) is 29.7 Å². The Morgan fingerprint density at radius 1 is 1.28 bits per heavy atom. The second-order valence-electron chi connectivity index (χ2n) is 6.33. The highest BCUT2D eigenvalue weighted by Gasteiger charge is 2.19. The Kier molecular flexibility index (Phi) is 13.0. The normalized spacial score (nSPS) is 17.4. The fraction of sp³-hybridized carbons (Fsp3) is 0.938. The van der Waals surface area contributed by atoms with Crippen LogP contribution in [0.1, 0.15) is 39.5 Å². The molecular formula is C16H36IN5O2S. The van der Waals surface area contributed by atoms with Crippen molar-refractivity contribution < 1.29 is 8.42 Å². The van der Waals surface area contributed by atoms with Crippen LogP contribution in [0.3, 0.4) is 0 Å². The van der Waals surface area contributed by atoms with Gasteiger partial charge in [-0.05, 0) is 39.2 Å². The number of rotatable bonds is 9. The number of aliphatic imine (C=N–C) groups is 1. The van der Waals surface area contributed by atoms with Gasteiger partial charge in [-0.25, -0.2) is 12.7 Å². The van der Waals surface area contributed by atoms with Crippen LogP contribution in [0.2, 0.25) is 0 Å². The zero-order valence-corrected chi connectivity index (χ0v) is 19.3. The Hall–Kier alpha value is -0.130. The van der Waals surface area contributed by atoms with E-state index >= 15 is 0 Å². The van der Waals surface area contributed by atoms with Gasteiger partial charge in [-0.15, -0.1) is 24.0 Å². The molecule has 1 saturated heterocycles. The van der Waals surface area contributed by atoms with Crippen LogP contribution in [-0.2, 0) is 10.0 Å². The standard InChI is InChI=1S/C16H35N5O2S.HI/c1-5-11-21-13-8-15(9-14-21)19-16(17-3)18-10-7-12-20(4)24(22,23)6-2;/h15H,5-14H2,1-4H3,(H2,17,18,19);1H. The van der Waals surface area contributed by atoms with Gasteiger partial charge in [0.1, 0.15) is 0 Å². The first-order valence-electron chi connectivity index (χ1n) is 9.06. The van der Waals surface area contributed by atoms with E-state index in [2.05, 4.69) is 27.4 Å². The van der Waals surface area contributed by atoms with Crippen molar-refractivity contribution in [3.8, 4) is 0 Å². The Labute approximate surface area is 171 Å². The highest BCUT2D eigenvalue weighted by molar-refractivity contribution is 14.0. The van der Waals surface area contributed by atoms with Crippen molar-refractivity contribution in [2.45, 2.75) is 45.6 Å². The van der Waals surface area contributed by atoms with E-state index < -0.39 is 10.0 Å². The maximum Gasteiger partial charge on any atom is 0.213 e. The predicted molar refractivity (Wildman–Crippen MR) is 116 cm³/mol. The molecule has 0 amide bonds. The van der Waals surface area contributed by atoms with Gasteiger partial charge in [-0.2, -0.15) is 0 Å². The molecule has 0 saturated carbocycles. The van der Waals surface area contributed by atoms with E-state index in [1.165, 1.54) is 17.3 Å². The lowest BCUT2D eigenvalue weighted by Gasteiger charge is -2.32. The lowest BCUT2D eigenvalue weighted by Crippen LogP contribution is -2.49. The summed E-state index contributed by atoms with van der Waals surface area (Å²) in [5.74, 6) is 0.960. The van der Waals surface area contributed by atoms with Crippen LogP contribution in [0.5, 0.6) is 0 Å². The Bertz CT molecular complexity index is 479. The van der Waals surface area contributed by atoms with Gasteiger partial charge >= 0.3 is 0 Å². The van der Waals surface area contributed by atoms with Crippen LogP contribution < -0.4 is 10.6 Å². The van der Waals surface area contributed by atoms with E-state index in [9.17, 15) is 8.42 Å². The topological polar surface area (TPSA) is 77.0 Å². The van der Waals surface area contributed by atoms with Crippen LogP contribution >= 0.6 is 24.0 Å². The summed E-state index contributed by atoms with van der Waals surface area (Å²) in [5.41, 5.74) is 0. The first-order chi connectivity index (χ1) is 11.4. The molecule has 25 heavy (non-hydrogen) atoms. The molecular weight excluding hydrogens is 453 g/mol. The van der Waals surface area contributed by atoms with Gasteiger partial charge in [-0.3, -0.25) is 4.99 Å². The molecule has 9 heteroatoms. The van der Waals surface area contributed by atoms with Gasteiger partial charge in [0.15, 0.2) is 5.96 Å². The molecule has 0 unspecified atom stereocenters. The molecule has 0 radical (unpaired) electrons. The van der Waals surface area contributed by atoms with Gasteiger partial charge in [0.05, 0.1) is 5.75 Å². The summed E-state index contributed by atoms with van der Waals surface area (Å²) in [7, 11) is 0.326. The van der Waals surface area contributed by atoms with Crippen molar-refractivity contribution in [1.82, 2.24) is 19.8 Å². The van der Waals surface area contributed by atoms with Crippen molar-refractivity contribution in [2.75, 3.05) is 52.6 Å². The van der Waals surface area contributed by atoms with Crippen LogP contribution in [0.15, 0.2) is 4.99 Å². The zero-order chi connectivity index (χ0) is 18.0.